The molecular weight excluding hydrogens is 256 g/mol. The van der Waals surface area contributed by atoms with Crippen LogP contribution in [-0.2, 0) is 13.3 Å². The molecule has 0 rings (SSSR count). The first-order valence-electron chi connectivity index (χ1n) is 7.33. The largest absolute Gasteiger partial charge is 0.506 e. The summed E-state index contributed by atoms with van der Waals surface area (Å²) in [7, 11) is 0.757. The Hall–Kier alpha value is 0.0969. The lowest BCUT2D eigenvalue weighted by molar-refractivity contribution is 0.0316. The van der Waals surface area contributed by atoms with Crippen LogP contribution < -0.4 is 0 Å². The SMILES string of the molecule is CCCC(C)(C)CO[Si](OC)(OC)C(C)(C)C(C)C. The van der Waals surface area contributed by atoms with E-state index in [-0.39, 0.29) is 10.5 Å². The van der Waals surface area contributed by atoms with Crippen LogP contribution in [0.15, 0.2) is 0 Å². The molecule has 0 aliphatic carbocycles. The molecule has 0 aromatic carbocycles. The Bertz CT molecular complexity index is 258. The van der Waals surface area contributed by atoms with Gasteiger partial charge >= 0.3 is 8.80 Å². The van der Waals surface area contributed by atoms with Gasteiger partial charge in [-0.15, -0.1) is 0 Å². The van der Waals surface area contributed by atoms with E-state index < -0.39 is 8.80 Å². The molecule has 0 unspecified atom stereocenters. The standard InChI is InChI=1S/C15H34O3Si/c1-10-11-14(4,5)12-18-19(16-8,17-9)15(6,7)13(2)3/h13H,10-12H2,1-9H3. The van der Waals surface area contributed by atoms with Crippen molar-refractivity contribution in [1.82, 2.24) is 0 Å². The lowest BCUT2D eigenvalue weighted by Gasteiger charge is -2.43. The minimum Gasteiger partial charge on any atom is -0.377 e. The molecule has 0 aromatic heterocycles. The number of hydrogen-bond acceptors (Lipinski definition) is 3. The Morgan fingerprint density at radius 2 is 1.47 bits per heavy atom. The van der Waals surface area contributed by atoms with Crippen molar-refractivity contribution in [2.24, 2.45) is 11.3 Å². The summed E-state index contributed by atoms with van der Waals surface area (Å²) < 4.78 is 17.8. The fraction of sp³-hybridized carbons (Fsp3) is 1.00. The Balaban J connectivity index is 5.02. The van der Waals surface area contributed by atoms with Gasteiger partial charge in [-0.05, 0) is 17.8 Å². The predicted molar refractivity (Wildman–Crippen MR) is 83.3 cm³/mol. The summed E-state index contributed by atoms with van der Waals surface area (Å²) in [5, 5.41) is -0.0984. The smallest absolute Gasteiger partial charge is 0.377 e. The maximum atomic E-state index is 6.27. The molecule has 0 spiro atoms. The van der Waals surface area contributed by atoms with Crippen molar-refractivity contribution in [3.8, 4) is 0 Å². The molecule has 0 atom stereocenters. The predicted octanol–water partition coefficient (Wildman–Crippen LogP) is 4.50. The molecule has 0 N–H and O–H groups in total. The van der Waals surface area contributed by atoms with Crippen molar-refractivity contribution < 1.29 is 13.3 Å². The van der Waals surface area contributed by atoms with Gasteiger partial charge in [-0.2, -0.15) is 0 Å². The van der Waals surface area contributed by atoms with E-state index in [1.165, 1.54) is 6.42 Å². The van der Waals surface area contributed by atoms with Crippen LogP contribution in [0, 0.1) is 11.3 Å². The maximum absolute atomic E-state index is 6.27. The van der Waals surface area contributed by atoms with Crippen molar-refractivity contribution in [2.45, 2.75) is 66.3 Å². The van der Waals surface area contributed by atoms with Crippen molar-refractivity contribution in [3.05, 3.63) is 0 Å². The molecule has 0 amide bonds. The summed E-state index contributed by atoms with van der Waals surface area (Å²) in [6.07, 6.45) is 2.31. The molecule has 19 heavy (non-hydrogen) atoms. The summed E-state index contributed by atoms with van der Waals surface area (Å²) in [5.74, 6) is 0.438. The van der Waals surface area contributed by atoms with E-state index in [1.807, 2.05) is 0 Å². The van der Waals surface area contributed by atoms with Gasteiger partial charge in [-0.1, -0.05) is 54.9 Å². The molecule has 0 heterocycles. The Morgan fingerprint density at radius 3 is 1.79 bits per heavy atom. The van der Waals surface area contributed by atoms with Gasteiger partial charge < -0.3 is 13.3 Å². The van der Waals surface area contributed by atoms with Gasteiger partial charge in [0, 0.05) is 25.9 Å². The van der Waals surface area contributed by atoms with Crippen molar-refractivity contribution in [1.29, 1.82) is 0 Å². The Morgan fingerprint density at radius 1 is 1.00 bits per heavy atom. The average molecular weight is 291 g/mol. The third-order valence-corrected chi connectivity index (χ3v) is 8.10. The molecule has 0 aromatic rings. The molecular formula is C15H34O3Si. The molecule has 4 heteroatoms. The van der Waals surface area contributed by atoms with Gasteiger partial charge in [0.15, 0.2) is 0 Å². The molecule has 3 nitrogen and oxygen atoms in total. The van der Waals surface area contributed by atoms with E-state index in [9.17, 15) is 0 Å². The third kappa shape index (κ3) is 4.55. The fourth-order valence-corrected chi connectivity index (χ4v) is 5.42. The van der Waals surface area contributed by atoms with E-state index in [0.29, 0.717) is 12.5 Å². The van der Waals surface area contributed by atoms with Gasteiger partial charge in [-0.3, -0.25) is 0 Å². The first kappa shape index (κ1) is 19.1. The minimum atomic E-state index is -2.67. The third-order valence-electron chi connectivity index (χ3n) is 4.35. The summed E-state index contributed by atoms with van der Waals surface area (Å²) >= 11 is 0. The van der Waals surface area contributed by atoms with Crippen LogP contribution in [0.4, 0.5) is 0 Å². The topological polar surface area (TPSA) is 27.7 Å². The lowest BCUT2D eigenvalue weighted by Crippen LogP contribution is -2.56. The zero-order chi connectivity index (χ0) is 15.3. The average Bonchev–Trinajstić information content (AvgIpc) is 2.30. The highest BCUT2D eigenvalue weighted by atomic mass is 28.4. The fourth-order valence-electron chi connectivity index (χ4n) is 2.31. The second-order valence-electron chi connectivity index (χ2n) is 7.04. The zero-order valence-electron chi connectivity index (χ0n) is 14.4. The summed E-state index contributed by atoms with van der Waals surface area (Å²) in [6, 6.07) is 0. The molecule has 0 bridgehead atoms. The van der Waals surface area contributed by atoms with Crippen LogP contribution in [-0.4, -0.2) is 29.6 Å². The van der Waals surface area contributed by atoms with Gasteiger partial charge in [-0.25, -0.2) is 0 Å². The molecule has 0 saturated carbocycles. The summed E-state index contributed by atoms with van der Waals surface area (Å²) in [6.45, 7) is 16.1. The maximum Gasteiger partial charge on any atom is 0.506 e. The van der Waals surface area contributed by atoms with E-state index >= 15 is 0 Å². The van der Waals surface area contributed by atoms with E-state index in [4.69, 9.17) is 13.3 Å². The van der Waals surface area contributed by atoms with Crippen LogP contribution in [0.25, 0.3) is 0 Å². The van der Waals surface area contributed by atoms with Crippen LogP contribution in [0.2, 0.25) is 5.04 Å². The highest BCUT2D eigenvalue weighted by Crippen LogP contribution is 2.46. The van der Waals surface area contributed by atoms with Crippen LogP contribution >= 0.6 is 0 Å². The quantitative estimate of drug-likeness (QED) is 0.585. The molecule has 0 fully saturated rings. The van der Waals surface area contributed by atoms with Crippen molar-refractivity contribution in [3.63, 3.8) is 0 Å². The molecule has 0 radical (unpaired) electrons. The van der Waals surface area contributed by atoms with Crippen LogP contribution in [0.1, 0.15) is 61.3 Å². The van der Waals surface area contributed by atoms with Crippen molar-refractivity contribution >= 4 is 8.80 Å². The second-order valence-corrected chi connectivity index (χ2v) is 10.5. The van der Waals surface area contributed by atoms with E-state index in [1.54, 1.807) is 14.2 Å². The molecule has 0 aliphatic rings. The van der Waals surface area contributed by atoms with Gasteiger partial charge in [0.05, 0.1) is 0 Å². The highest BCUT2D eigenvalue weighted by molar-refractivity contribution is 6.64. The summed E-state index contributed by atoms with van der Waals surface area (Å²) in [4.78, 5) is 0. The normalized spacial score (nSPS) is 14.2. The van der Waals surface area contributed by atoms with Crippen LogP contribution in [0.3, 0.4) is 0 Å². The van der Waals surface area contributed by atoms with Crippen molar-refractivity contribution in [2.75, 3.05) is 20.8 Å². The van der Waals surface area contributed by atoms with E-state index in [2.05, 4.69) is 48.5 Å². The zero-order valence-corrected chi connectivity index (χ0v) is 15.4. The molecule has 0 aliphatic heterocycles. The monoisotopic (exact) mass is 290 g/mol. The highest BCUT2D eigenvalue weighted by Gasteiger charge is 2.56. The first-order chi connectivity index (χ1) is 8.58. The molecule has 0 saturated heterocycles. The number of hydrogen-bond donors (Lipinski definition) is 0. The second kappa shape index (κ2) is 7.20. The first-order valence-corrected chi connectivity index (χ1v) is 9.05. The van der Waals surface area contributed by atoms with E-state index in [0.717, 1.165) is 6.42 Å². The minimum absolute atomic E-state index is 0.0984. The van der Waals surface area contributed by atoms with Gasteiger partial charge in [0.2, 0.25) is 0 Å². The number of rotatable bonds is 9. The Labute approximate surface area is 121 Å². The lowest BCUT2D eigenvalue weighted by atomic mass is 9.89. The van der Waals surface area contributed by atoms with Gasteiger partial charge in [0.1, 0.15) is 0 Å². The molecule has 116 valence electrons. The summed E-state index contributed by atoms with van der Waals surface area (Å²) in [5.41, 5.74) is 0.164. The Kier molecular flexibility index (Phi) is 7.24. The van der Waals surface area contributed by atoms with Gasteiger partial charge in [0.25, 0.3) is 0 Å². The van der Waals surface area contributed by atoms with Crippen LogP contribution in [0.5, 0.6) is 0 Å².